The summed E-state index contributed by atoms with van der Waals surface area (Å²) in [5, 5.41) is 5.78. The lowest BCUT2D eigenvalue weighted by atomic mass is 9.77. The molecule has 2 fully saturated rings. The molecule has 7 nitrogen and oxygen atoms in total. The second-order valence-corrected chi connectivity index (χ2v) is 8.70. The number of carbonyl (C=O) groups excluding carboxylic acids is 3. The van der Waals surface area contributed by atoms with Crippen molar-refractivity contribution in [3.05, 3.63) is 21.9 Å². The molecule has 4 rings (SSSR count). The summed E-state index contributed by atoms with van der Waals surface area (Å²) in [6.45, 7) is 3.87. The highest BCUT2D eigenvalue weighted by Crippen LogP contribution is 2.35. The Bertz CT molecular complexity index is 739. The Morgan fingerprint density at radius 1 is 1.38 bits per heavy atom. The van der Waals surface area contributed by atoms with Crippen LogP contribution in [0.5, 0.6) is 0 Å². The highest BCUT2D eigenvalue weighted by atomic mass is 32.1. The third kappa shape index (κ3) is 3.12. The molecule has 3 aliphatic rings. The number of rotatable bonds is 3. The average molecular weight is 376 g/mol. The molecule has 2 N–H and O–H groups in total. The first kappa shape index (κ1) is 17.5. The molecular weight excluding hydrogens is 352 g/mol. The minimum absolute atomic E-state index is 0.177. The molecule has 4 amide bonds. The molecule has 3 heterocycles. The summed E-state index contributed by atoms with van der Waals surface area (Å²) in [5.74, 6) is -0.0787. The number of imide groups is 1. The molecule has 0 bridgehead atoms. The third-order valence-electron chi connectivity index (χ3n) is 5.78. The lowest BCUT2D eigenvalue weighted by Gasteiger charge is -2.33. The number of fused-ring (bicyclic) bond motifs is 1. The standard InChI is InChI=1S/C18H24N4O3S/c1-12-2-6-18(7-3-12)16(24)22(17(25)19-18)20-15(23)11-21-8-4-14-13(10-21)5-9-26-14/h5,9,12H,2-4,6-8,10-11H2,1H3,(H,19,25)(H,20,23). The molecule has 0 atom stereocenters. The first-order chi connectivity index (χ1) is 12.5. The minimum atomic E-state index is -0.826. The third-order valence-corrected chi connectivity index (χ3v) is 6.80. The van der Waals surface area contributed by atoms with E-state index in [0.717, 1.165) is 37.4 Å². The van der Waals surface area contributed by atoms with Crippen LogP contribution >= 0.6 is 11.3 Å². The van der Waals surface area contributed by atoms with E-state index in [1.54, 1.807) is 11.3 Å². The number of amides is 4. The van der Waals surface area contributed by atoms with E-state index >= 15 is 0 Å². The van der Waals surface area contributed by atoms with E-state index in [1.165, 1.54) is 10.4 Å². The number of hydrogen-bond donors (Lipinski definition) is 2. The molecule has 1 aliphatic carbocycles. The van der Waals surface area contributed by atoms with Gasteiger partial charge in [-0.05, 0) is 55.0 Å². The van der Waals surface area contributed by atoms with Gasteiger partial charge in [0.15, 0.2) is 0 Å². The largest absolute Gasteiger partial charge is 0.344 e. The molecular formula is C18H24N4O3S. The van der Waals surface area contributed by atoms with Crippen LogP contribution in [0.3, 0.4) is 0 Å². The van der Waals surface area contributed by atoms with Crippen LogP contribution in [0.1, 0.15) is 43.0 Å². The van der Waals surface area contributed by atoms with Crippen molar-refractivity contribution < 1.29 is 14.4 Å². The molecule has 140 valence electrons. The molecule has 1 aromatic rings. The first-order valence-electron chi connectivity index (χ1n) is 9.21. The second kappa shape index (κ2) is 6.66. The highest BCUT2D eigenvalue weighted by molar-refractivity contribution is 7.10. The van der Waals surface area contributed by atoms with E-state index in [4.69, 9.17) is 0 Å². The number of thiophene rings is 1. The molecule has 0 unspecified atom stereocenters. The zero-order chi connectivity index (χ0) is 18.3. The van der Waals surface area contributed by atoms with Crippen molar-refractivity contribution in [1.82, 2.24) is 20.7 Å². The van der Waals surface area contributed by atoms with Crippen LogP contribution in [0.25, 0.3) is 0 Å². The Balaban J connectivity index is 1.36. The van der Waals surface area contributed by atoms with Crippen LogP contribution in [0.4, 0.5) is 4.79 Å². The van der Waals surface area contributed by atoms with Gasteiger partial charge in [-0.25, -0.2) is 4.79 Å². The van der Waals surface area contributed by atoms with Gasteiger partial charge in [-0.3, -0.25) is 19.9 Å². The molecule has 1 spiro atoms. The van der Waals surface area contributed by atoms with E-state index in [1.807, 2.05) is 4.90 Å². The molecule has 1 aromatic heterocycles. The van der Waals surface area contributed by atoms with Crippen LogP contribution in [-0.2, 0) is 22.6 Å². The van der Waals surface area contributed by atoms with Crippen molar-refractivity contribution in [2.45, 2.75) is 51.1 Å². The van der Waals surface area contributed by atoms with Gasteiger partial charge in [-0.1, -0.05) is 6.92 Å². The Kier molecular flexibility index (Phi) is 4.48. The van der Waals surface area contributed by atoms with Crippen LogP contribution < -0.4 is 10.7 Å². The summed E-state index contributed by atoms with van der Waals surface area (Å²) in [6.07, 6.45) is 4.02. The van der Waals surface area contributed by atoms with Crippen LogP contribution in [0.2, 0.25) is 0 Å². The quantitative estimate of drug-likeness (QED) is 0.786. The summed E-state index contributed by atoms with van der Waals surface area (Å²) in [7, 11) is 0. The van der Waals surface area contributed by atoms with E-state index in [-0.39, 0.29) is 18.4 Å². The topological polar surface area (TPSA) is 81.8 Å². The lowest BCUT2D eigenvalue weighted by Crippen LogP contribution is -2.53. The summed E-state index contributed by atoms with van der Waals surface area (Å²) in [4.78, 5) is 40.9. The summed E-state index contributed by atoms with van der Waals surface area (Å²) >= 11 is 1.75. The molecule has 0 aromatic carbocycles. The van der Waals surface area contributed by atoms with Crippen LogP contribution in [0, 0.1) is 5.92 Å². The maximum Gasteiger partial charge on any atom is 0.344 e. The van der Waals surface area contributed by atoms with Gasteiger partial charge in [-0.2, -0.15) is 5.01 Å². The fraction of sp³-hybridized carbons (Fsp3) is 0.611. The number of nitrogens with zero attached hydrogens (tertiary/aromatic N) is 2. The number of hydrogen-bond acceptors (Lipinski definition) is 5. The molecule has 1 saturated heterocycles. The number of urea groups is 1. The fourth-order valence-corrected chi connectivity index (χ4v) is 5.01. The molecule has 0 radical (unpaired) electrons. The summed E-state index contributed by atoms with van der Waals surface area (Å²) in [5.41, 5.74) is 2.96. The van der Waals surface area contributed by atoms with Gasteiger partial charge in [-0.15, -0.1) is 11.3 Å². The number of nitrogens with one attached hydrogen (secondary N) is 2. The molecule has 8 heteroatoms. The SMILES string of the molecule is CC1CCC2(CC1)NC(=O)N(NC(=O)CN1CCc3sccc3C1)C2=O. The Hall–Kier alpha value is -1.93. The van der Waals surface area contributed by atoms with Gasteiger partial charge in [0.1, 0.15) is 5.54 Å². The zero-order valence-corrected chi connectivity index (χ0v) is 15.7. The number of carbonyl (C=O) groups is 3. The maximum absolute atomic E-state index is 12.8. The molecule has 1 saturated carbocycles. The molecule has 2 aliphatic heterocycles. The Labute approximate surface area is 156 Å². The van der Waals surface area contributed by atoms with Crippen molar-refractivity contribution in [1.29, 1.82) is 0 Å². The van der Waals surface area contributed by atoms with Crippen molar-refractivity contribution in [3.63, 3.8) is 0 Å². The van der Waals surface area contributed by atoms with E-state index in [9.17, 15) is 14.4 Å². The number of hydrazine groups is 1. The van der Waals surface area contributed by atoms with Crippen LogP contribution in [-0.4, -0.2) is 46.4 Å². The predicted molar refractivity (Wildman–Crippen MR) is 97.2 cm³/mol. The Morgan fingerprint density at radius 3 is 2.92 bits per heavy atom. The van der Waals surface area contributed by atoms with Crippen molar-refractivity contribution in [3.8, 4) is 0 Å². The minimum Gasteiger partial charge on any atom is -0.322 e. The van der Waals surface area contributed by atoms with Crippen molar-refractivity contribution in [2.24, 2.45) is 5.92 Å². The van der Waals surface area contributed by atoms with Gasteiger partial charge in [0.25, 0.3) is 11.8 Å². The van der Waals surface area contributed by atoms with Gasteiger partial charge in [0.2, 0.25) is 0 Å². The van der Waals surface area contributed by atoms with E-state index in [0.29, 0.717) is 18.8 Å². The van der Waals surface area contributed by atoms with Gasteiger partial charge in [0.05, 0.1) is 6.54 Å². The van der Waals surface area contributed by atoms with Crippen LogP contribution in [0.15, 0.2) is 11.4 Å². The zero-order valence-electron chi connectivity index (χ0n) is 14.9. The van der Waals surface area contributed by atoms with Crippen molar-refractivity contribution in [2.75, 3.05) is 13.1 Å². The second-order valence-electron chi connectivity index (χ2n) is 7.70. The van der Waals surface area contributed by atoms with Gasteiger partial charge in [0, 0.05) is 18.0 Å². The maximum atomic E-state index is 12.8. The van der Waals surface area contributed by atoms with Gasteiger partial charge < -0.3 is 5.32 Å². The normalized spacial score (nSPS) is 29.0. The van der Waals surface area contributed by atoms with Crippen molar-refractivity contribution >= 4 is 29.2 Å². The monoisotopic (exact) mass is 376 g/mol. The Morgan fingerprint density at radius 2 is 2.15 bits per heavy atom. The van der Waals surface area contributed by atoms with E-state index < -0.39 is 11.6 Å². The fourth-order valence-electron chi connectivity index (χ4n) is 4.12. The average Bonchev–Trinajstić information content (AvgIpc) is 3.16. The lowest BCUT2D eigenvalue weighted by molar-refractivity contribution is -0.140. The summed E-state index contributed by atoms with van der Waals surface area (Å²) in [6, 6.07) is 1.58. The predicted octanol–water partition coefficient (Wildman–Crippen LogP) is 1.64. The first-order valence-corrected chi connectivity index (χ1v) is 10.1. The summed E-state index contributed by atoms with van der Waals surface area (Å²) < 4.78 is 0. The van der Waals surface area contributed by atoms with E-state index in [2.05, 4.69) is 29.1 Å². The smallest absolute Gasteiger partial charge is 0.322 e. The highest BCUT2D eigenvalue weighted by Gasteiger charge is 2.52. The van der Waals surface area contributed by atoms with Gasteiger partial charge >= 0.3 is 6.03 Å². The molecule has 26 heavy (non-hydrogen) atoms.